The lowest BCUT2D eigenvalue weighted by Crippen LogP contribution is -2.00. The van der Waals surface area contributed by atoms with Crippen LogP contribution in [0.15, 0.2) is 24.3 Å². The molecule has 0 spiro atoms. The molecule has 2 rings (SSSR count). The maximum absolute atomic E-state index is 13.3. The van der Waals surface area contributed by atoms with Crippen LogP contribution in [0.2, 0.25) is 10.0 Å². The minimum Gasteiger partial charge on any atom is -0.383 e. The Labute approximate surface area is 122 Å². The van der Waals surface area contributed by atoms with Crippen LogP contribution in [-0.2, 0) is 0 Å². The number of pyridine rings is 1. The third-order valence-electron chi connectivity index (χ3n) is 2.30. The maximum Gasteiger partial charge on any atom is 0.276 e. The molecule has 0 saturated carbocycles. The molecule has 9 heteroatoms. The van der Waals surface area contributed by atoms with E-state index in [4.69, 9.17) is 28.9 Å². The molecule has 1 aromatic carbocycles. The standard InChI is InChI=1S/C11H7Cl2FN4O2/c12-7-1-5(2-8(13)11(7)14)16-10-4-6(18(19)20)3-9(15)17-10/h1-4H,(H3,15,16,17). The van der Waals surface area contributed by atoms with Crippen molar-refractivity contribution < 1.29 is 9.31 Å². The Morgan fingerprint density at radius 2 is 1.85 bits per heavy atom. The van der Waals surface area contributed by atoms with Gasteiger partial charge >= 0.3 is 0 Å². The van der Waals surface area contributed by atoms with Crippen molar-refractivity contribution in [3.8, 4) is 0 Å². The zero-order valence-corrected chi connectivity index (χ0v) is 11.2. The molecule has 0 unspecified atom stereocenters. The Morgan fingerprint density at radius 1 is 1.25 bits per heavy atom. The van der Waals surface area contributed by atoms with E-state index in [9.17, 15) is 14.5 Å². The molecule has 0 atom stereocenters. The normalized spacial score (nSPS) is 10.3. The average Bonchev–Trinajstić information content (AvgIpc) is 2.35. The second-order valence-corrected chi connectivity index (χ2v) is 4.59. The SMILES string of the molecule is Nc1cc([N+](=O)[O-])cc(Nc2cc(Cl)c(F)c(Cl)c2)n1. The number of nitrogens with zero attached hydrogens (tertiary/aromatic N) is 2. The molecule has 2 aromatic rings. The van der Waals surface area contributed by atoms with Crippen LogP contribution < -0.4 is 11.1 Å². The molecule has 0 bridgehead atoms. The van der Waals surface area contributed by atoms with Crippen LogP contribution in [0, 0.1) is 15.9 Å². The molecule has 0 aliphatic carbocycles. The number of aromatic nitrogens is 1. The van der Waals surface area contributed by atoms with E-state index in [0.29, 0.717) is 5.69 Å². The Bertz CT molecular complexity index is 673. The summed E-state index contributed by atoms with van der Waals surface area (Å²) in [6.07, 6.45) is 0. The Balaban J connectivity index is 2.37. The van der Waals surface area contributed by atoms with E-state index in [-0.39, 0.29) is 27.4 Å². The summed E-state index contributed by atoms with van der Waals surface area (Å²) in [5, 5.41) is 13.1. The van der Waals surface area contributed by atoms with Crippen molar-refractivity contribution in [2.24, 2.45) is 0 Å². The van der Waals surface area contributed by atoms with E-state index >= 15 is 0 Å². The summed E-state index contributed by atoms with van der Waals surface area (Å²) in [4.78, 5) is 14.0. The fraction of sp³-hybridized carbons (Fsp3) is 0. The summed E-state index contributed by atoms with van der Waals surface area (Å²) < 4.78 is 13.3. The molecule has 0 fully saturated rings. The highest BCUT2D eigenvalue weighted by atomic mass is 35.5. The number of halogens is 3. The van der Waals surface area contributed by atoms with Gasteiger partial charge in [0.05, 0.1) is 27.1 Å². The Kier molecular flexibility index (Phi) is 3.91. The monoisotopic (exact) mass is 316 g/mol. The maximum atomic E-state index is 13.3. The molecule has 104 valence electrons. The summed E-state index contributed by atoms with van der Waals surface area (Å²) in [6, 6.07) is 4.86. The quantitative estimate of drug-likeness (QED) is 0.510. The average molecular weight is 317 g/mol. The number of benzene rings is 1. The molecule has 1 aromatic heterocycles. The number of anilines is 3. The topological polar surface area (TPSA) is 94.1 Å². The smallest absolute Gasteiger partial charge is 0.276 e. The number of nitrogens with two attached hydrogens (primary N) is 1. The number of nitrogens with one attached hydrogen (secondary N) is 1. The molecule has 0 amide bonds. The fourth-order valence-electron chi connectivity index (χ4n) is 1.48. The van der Waals surface area contributed by atoms with Crippen molar-refractivity contribution in [2.45, 2.75) is 0 Å². The first-order valence-corrected chi connectivity index (χ1v) is 5.96. The zero-order chi connectivity index (χ0) is 14.9. The Morgan fingerprint density at radius 3 is 2.40 bits per heavy atom. The number of nitro groups is 1. The summed E-state index contributed by atoms with van der Waals surface area (Å²) in [6.45, 7) is 0. The summed E-state index contributed by atoms with van der Waals surface area (Å²) in [7, 11) is 0. The van der Waals surface area contributed by atoms with E-state index in [1.807, 2.05) is 0 Å². The second kappa shape index (κ2) is 5.48. The number of hydrogen-bond donors (Lipinski definition) is 2. The predicted molar refractivity (Wildman–Crippen MR) is 75.0 cm³/mol. The predicted octanol–water partition coefficient (Wildman–Crippen LogP) is 3.76. The lowest BCUT2D eigenvalue weighted by molar-refractivity contribution is -0.384. The van der Waals surface area contributed by atoms with Gasteiger partial charge in [-0.05, 0) is 12.1 Å². The minimum absolute atomic E-state index is 0.0268. The van der Waals surface area contributed by atoms with Gasteiger partial charge in [-0.3, -0.25) is 10.1 Å². The van der Waals surface area contributed by atoms with Gasteiger partial charge in [0.1, 0.15) is 11.6 Å². The molecular weight excluding hydrogens is 310 g/mol. The fourth-order valence-corrected chi connectivity index (χ4v) is 1.97. The van der Waals surface area contributed by atoms with E-state index in [2.05, 4.69) is 10.3 Å². The number of hydrogen-bond acceptors (Lipinski definition) is 5. The molecule has 0 saturated heterocycles. The van der Waals surface area contributed by atoms with E-state index in [1.165, 1.54) is 18.2 Å². The van der Waals surface area contributed by atoms with Crippen molar-refractivity contribution in [3.63, 3.8) is 0 Å². The Hall–Kier alpha value is -2.12. The molecule has 1 heterocycles. The van der Waals surface area contributed by atoms with Gasteiger partial charge in [0, 0.05) is 5.69 Å². The third kappa shape index (κ3) is 3.06. The third-order valence-corrected chi connectivity index (χ3v) is 2.85. The minimum atomic E-state index is -0.745. The lowest BCUT2D eigenvalue weighted by Gasteiger charge is -2.08. The zero-order valence-electron chi connectivity index (χ0n) is 9.73. The van der Waals surface area contributed by atoms with Crippen LogP contribution in [0.3, 0.4) is 0 Å². The highest BCUT2D eigenvalue weighted by Gasteiger charge is 2.12. The molecule has 0 aliphatic rings. The van der Waals surface area contributed by atoms with Gasteiger partial charge in [-0.25, -0.2) is 9.37 Å². The van der Waals surface area contributed by atoms with Crippen LogP contribution in [0.5, 0.6) is 0 Å². The largest absolute Gasteiger partial charge is 0.383 e. The van der Waals surface area contributed by atoms with Gasteiger partial charge in [0.15, 0.2) is 5.82 Å². The van der Waals surface area contributed by atoms with Crippen LogP contribution in [-0.4, -0.2) is 9.91 Å². The van der Waals surface area contributed by atoms with Gasteiger partial charge < -0.3 is 11.1 Å². The first-order chi connectivity index (χ1) is 9.36. The number of nitrogen functional groups attached to an aromatic ring is 1. The number of rotatable bonds is 3. The van der Waals surface area contributed by atoms with Gasteiger partial charge in [-0.15, -0.1) is 0 Å². The van der Waals surface area contributed by atoms with Gasteiger partial charge in [-0.2, -0.15) is 0 Å². The molecule has 6 nitrogen and oxygen atoms in total. The van der Waals surface area contributed by atoms with Crippen LogP contribution in [0.4, 0.5) is 27.4 Å². The summed E-state index contributed by atoms with van der Waals surface area (Å²) >= 11 is 11.3. The van der Waals surface area contributed by atoms with Gasteiger partial charge in [-0.1, -0.05) is 23.2 Å². The van der Waals surface area contributed by atoms with Crippen LogP contribution in [0.1, 0.15) is 0 Å². The lowest BCUT2D eigenvalue weighted by atomic mass is 10.3. The van der Waals surface area contributed by atoms with E-state index < -0.39 is 10.7 Å². The van der Waals surface area contributed by atoms with E-state index in [1.54, 1.807) is 0 Å². The van der Waals surface area contributed by atoms with E-state index in [0.717, 1.165) is 6.07 Å². The van der Waals surface area contributed by atoms with Crippen molar-refractivity contribution in [3.05, 3.63) is 50.2 Å². The van der Waals surface area contributed by atoms with Gasteiger partial charge in [0.2, 0.25) is 0 Å². The molecule has 0 aliphatic heterocycles. The highest BCUT2D eigenvalue weighted by Crippen LogP contribution is 2.29. The molecular formula is C11H7Cl2FN4O2. The molecule has 3 N–H and O–H groups in total. The molecule has 0 radical (unpaired) electrons. The van der Waals surface area contributed by atoms with Gasteiger partial charge in [0.25, 0.3) is 5.69 Å². The van der Waals surface area contributed by atoms with Crippen molar-refractivity contribution in [2.75, 3.05) is 11.1 Å². The van der Waals surface area contributed by atoms with Crippen molar-refractivity contribution in [1.29, 1.82) is 0 Å². The van der Waals surface area contributed by atoms with Crippen LogP contribution in [0.25, 0.3) is 0 Å². The first kappa shape index (κ1) is 14.3. The second-order valence-electron chi connectivity index (χ2n) is 3.77. The van der Waals surface area contributed by atoms with Crippen molar-refractivity contribution >= 4 is 46.2 Å². The van der Waals surface area contributed by atoms with Crippen LogP contribution >= 0.6 is 23.2 Å². The summed E-state index contributed by atoms with van der Waals surface area (Å²) in [5.41, 5.74) is 5.57. The first-order valence-electron chi connectivity index (χ1n) is 5.20. The molecule has 20 heavy (non-hydrogen) atoms. The highest BCUT2D eigenvalue weighted by molar-refractivity contribution is 6.35. The van der Waals surface area contributed by atoms with Crippen molar-refractivity contribution in [1.82, 2.24) is 4.98 Å². The summed E-state index contributed by atoms with van der Waals surface area (Å²) in [5.74, 6) is -0.651.